The molecular formula is C13H16F3NO3. The van der Waals surface area contributed by atoms with Gasteiger partial charge in [0.1, 0.15) is 0 Å². The number of amides is 1. The Morgan fingerprint density at radius 1 is 1.35 bits per heavy atom. The monoisotopic (exact) mass is 291 g/mol. The third kappa shape index (κ3) is 3.86. The quantitative estimate of drug-likeness (QED) is 0.554. The number of halogens is 3. The molecule has 1 aromatic rings. The maximum atomic E-state index is 13.4. The first-order chi connectivity index (χ1) is 9.38. The van der Waals surface area contributed by atoms with Gasteiger partial charge in [-0.25, -0.2) is 8.78 Å². The van der Waals surface area contributed by atoms with Crippen LogP contribution in [0.4, 0.5) is 13.2 Å². The second kappa shape index (κ2) is 7.14. The molecule has 1 aromatic carbocycles. The third-order valence-corrected chi connectivity index (χ3v) is 2.85. The molecule has 0 aliphatic rings. The van der Waals surface area contributed by atoms with Gasteiger partial charge in [-0.3, -0.25) is 4.79 Å². The van der Waals surface area contributed by atoms with Crippen LogP contribution < -0.4 is 5.32 Å². The topological polar surface area (TPSA) is 69.6 Å². The fraction of sp³-hybridized carbons (Fsp3) is 0.462. The minimum absolute atomic E-state index is 0.0274. The van der Waals surface area contributed by atoms with E-state index < -0.39 is 34.7 Å². The highest BCUT2D eigenvalue weighted by molar-refractivity contribution is 5.94. The lowest BCUT2D eigenvalue weighted by Gasteiger charge is -2.10. The standard InChI is InChI=1S/C13H16F3NO3/c1-7(6-18)3-2-4-17-13(20)8-5-9(14)11(16)12(19)10(8)15/h5,7,18-19H,2-4,6H2,1H3,(H,17,20). The van der Waals surface area contributed by atoms with Gasteiger partial charge in [-0.15, -0.1) is 0 Å². The van der Waals surface area contributed by atoms with E-state index in [0.29, 0.717) is 18.9 Å². The lowest BCUT2D eigenvalue weighted by molar-refractivity contribution is 0.0946. The summed E-state index contributed by atoms with van der Waals surface area (Å²) in [5, 5.41) is 20.1. The summed E-state index contributed by atoms with van der Waals surface area (Å²) in [7, 11) is 0. The molecule has 0 aliphatic heterocycles. The van der Waals surface area contributed by atoms with Gasteiger partial charge in [0.25, 0.3) is 5.91 Å². The summed E-state index contributed by atoms with van der Waals surface area (Å²) < 4.78 is 39.3. The minimum atomic E-state index is -1.73. The predicted octanol–water partition coefficient (Wildman–Crippen LogP) is 1.95. The summed E-state index contributed by atoms with van der Waals surface area (Å²) in [6.07, 6.45) is 1.20. The highest BCUT2D eigenvalue weighted by Gasteiger charge is 2.22. The van der Waals surface area contributed by atoms with Crippen LogP contribution in [0.15, 0.2) is 6.07 Å². The molecule has 0 radical (unpaired) electrons. The van der Waals surface area contributed by atoms with Crippen LogP contribution in [0.5, 0.6) is 5.75 Å². The Balaban J connectivity index is 2.65. The average Bonchev–Trinajstić information content (AvgIpc) is 2.44. The number of phenolic OH excluding ortho intramolecular Hbond substituents is 1. The lowest BCUT2D eigenvalue weighted by atomic mass is 10.1. The Bertz CT molecular complexity index is 494. The Labute approximate surface area is 114 Å². The SMILES string of the molecule is CC(CO)CCCNC(=O)c1cc(F)c(F)c(O)c1F. The number of aliphatic hydroxyl groups is 1. The van der Waals surface area contributed by atoms with E-state index in [1.165, 1.54) is 0 Å². The number of carbonyl (C=O) groups is 1. The largest absolute Gasteiger partial charge is 0.503 e. The molecule has 112 valence electrons. The van der Waals surface area contributed by atoms with E-state index in [0.717, 1.165) is 0 Å². The van der Waals surface area contributed by atoms with Crippen molar-refractivity contribution in [1.29, 1.82) is 0 Å². The number of aliphatic hydroxyl groups excluding tert-OH is 1. The molecule has 0 spiro atoms. The van der Waals surface area contributed by atoms with E-state index in [9.17, 15) is 18.0 Å². The number of phenols is 1. The molecule has 0 saturated carbocycles. The number of rotatable bonds is 6. The van der Waals surface area contributed by atoms with Crippen LogP contribution in [0.2, 0.25) is 0 Å². The van der Waals surface area contributed by atoms with Crippen LogP contribution in [0.3, 0.4) is 0 Å². The molecule has 0 aromatic heterocycles. The molecule has 1 atom stereocenters. The summed E-state index contributed by atoms with van der Waals surface area (Å²) in [4.78, 5) is 11.6. The van der Waals surface area contributed by atoms with Crippen LogP contribution in [0.1, 0.15) is 30.1 Å². The van der Waals surface area contributed by atoms with E-state index in [4.69, 9.17) is 10.2 Å². The number of benzene rings is 1. The van der Waals surface area contributed by atoms with Crippen molar-refractivity contribution in [3.05, 3.63) is 29.1 Å². The summed E-state index contributed by atoms with van der Waals surface area (Å²) in [6.45, 7) is 2.05. The first kappa shape index (κ1) is 16.3. The zero-order valence-electron chi connectivity index (χ0n) is 10.9. The van der Waals surface area contributed by atoms with Crippen molar-refractivity contribution in [2.75, 3.05) is 13.2 Å². The van der Waals surface area contributed by atoms with Gasteiger partial charge in [-0.2, -0.15) is 4.39 Å². The predicted molar refractivity (Wildman–Crippen MR) is 65.8 cm³/mol. The minimum Gasteiger partial charge on any atom is -0.503 e. The molecule has 0 saturated heterocycles. The van der Waals surface area contributed by atoms with E-state index in [2.05, 4.69) is 5.32 Å². The van der Waals surface area contributed by atoms with Gasteiger partial charge in [0, 0.05) is 13.2 Å². The van der Waals surface area contributed by atoms with Crippen LogP contribution in [0.25, 0.3) is 0 Å². The van der Waals surface area contributed by atoms with Crippen molar-refractivity contribution in [2.45, 2.75) is 19.8 Å². The zero-order chi connectivity index (χ0) is 15.3. The molecule has 0 bridgehead atoms. The molecule has 7 heteroatoms. The lowest BCUT2D eigenvalue weighted by Crippen LogP contribution is -2.26. The van der Waals surface area contributed by atoms with E-state index in [1.807, 2.05) is 6.92 Å². The van der Waals surface area contributed by atoms with Crippen LogP contribution >= 0.6 is 0 Å². The first-order valence-corrected chi connectivity index (χ1v) is 6.14. The molecule has 4 nitrogen and oxygen atoms in total. The van der Waals surface area contributed by atoms with Crippen molar-refractivity contribution in [3.8, 4) is 5.75 Å². The van der Waals surface area contributed by atoms with Crippen molar-refractivity contribution < 1.29 is 28.2 Å². The molecule has 0 aliphatic carbocycles. The molecule has 3 N–H and O–H groups in total. The number of hydrogen-bond donors (Lipinski definition) is 3. The van der Waals surface area contributed by atoms with E-state index in [-0.39, 0.29) is 19.1 Å². The van der Waals surface area contributed by atoms with E-state index >= 15 is 0 Å². The fourth-order valence-corrected chi connectivity index (χ4v) is 1.59. The van der Waals surface area contributed by atoms with Gasteiger partial charge in [-0.05, 0) is 24.8 Å². The Morgan fingerprint density at radius 2 is 2.00 bits per heavy atom. The molecule has 1 rings (SSSR count). The molecule has 1 unspecified atom stereocenters. The number of nitrogens with one attached hydrogen (secondary N) is 1. The smallest absolute Gasteiger partial charge is 0.254 e. The third-order valence-electron chi connectivity index (χ3n) is 2.85. The number of carbonyl (C=O) groups excluding carboxylic acids is 1. The zero-order valence-corrected chi connectivity index (χ0v) is 10.9. The van der Waals surface area contributed by atoms with Crippen molar-refractivity contribution in [2.24, 2.45) is 5.92 Å². The van der Waals surface area contributed by atoms with Gasteiger partial charge in [-0.1, -0.05) is 6.92 Å². The summed E-state index contributed by atoms with van der Waals surface area (Å²) in [6, 6.07) is 0.399. The maximum absolute atomic E-state index is 13.4. The van der Waals surface area contributed by atoms with Crippen LogP contribution in [-0.4, -0.2) is 29.3 Å². The van der Waals surface area contributed by atoms with Crippen molar-refractivity contribution in [1.82, 2.24) is 5.32 Å². The van der Waals surface area contributed by atoms with Gasteiger partial charge in [0.05, 0.1) is 5.56 Å². The summed E-state index contributed by atoms with van der Waals surface area (Å²) in [5.74, 6) is -7.09. The summed E-state index contributed by atoms with van der Waals surface area (Å²) in [5.41, 5.74) is -0.753. The number of hydrogen-bond acceptors (Lipinski definition) is 3. The van der Waals surface area contributed by atoms with Gasteiger partial charge in [0.2, 0.25) is 5.82 Å². The Hall–Kier alpha value is -1.76. The van der Waals surface area contributed by atoms with Crippen molar-refractivity contribution in [3.63, 3.8) is 0 Å². The second-order valence-corrected chi connectivity index (χ2v) is 4.57. The van der Waals surface area contributed by atoms with Crippen molar-refractivity contribution >= 4 is 5.91 Å². The average molecular weight is 291 g/mol. The van der Waals surface area contributed by atoms with Gasteiger partial charge < -0.3 is 15.5 Å². The van der Waals surface area contributed by atoms with Gasteiger partial charge >= 0.3 is 0 Å². The maximum Gasteiger partial charge on any atom is 0.254 e. The highest BCUT2D eigenvalue weighted by Crippen LogP contribution is 2.25. The molecule has 20 heavy (non-hydrogen) atoms. The Morgan fingerprint density at radius 3 is 2.60 bits per heavy atom. The molecule has 0 heterocycles. The van der Waals surface area contributed by atoms with Gasteiger partial charge in [0.15, 0.2) is 17.4 Å². The highest BCUT2D eigenvalue weighted by atomic mass is 19.2. The first-order valence-electron chi connectivity index (χ1n) is 6.14. The summed E-state index contributed by atoms with van der Waals surface area (Å²) >= 11 is 0. The van der Waals surface area contributed by atoms with Crippen LogP contribution in [-0.2, 0) is 0 Å². The fourth-order valence-electron chi connectivity index (χ4n) is 1.59. The van der Waals surface area contributed by atoms with Crippen LogP contribution in [0, 0.1) is 23.4 Å². The van der Waals surface area contributed by atoms with E-state index in [1.54, 1.807) is 0 Å². The molecule has 0 fully saturated rings. The second-order valence-electron chi connectivity index (χ2n) is 4.57. The molecular weight excluding hydrogens is 275 g/mol. The number of aromatic hydroxyl groups is 1. The Kier molecular flexibility index (Phi) is 5.82. The molecule has 1 amide bonds. The normalized spacial score (nSPS) is 12.2.